The molecule has 0 saturated carbocycles. The second-order valence-corrected chi connectivity index (χ2v) is 4.50. The van der Waals surface area contributed by atoms with Crippen molar-refractivity contribution in [2.24, 2.45) is 0 Å². The Kier molecular flexibility index (Phi) is 3.76. The number of benzene rings is 1. The maximum Gasteiger partial charge on any atom is 0.270 e. The zero-order valence-electron chi connectivity index (χ0n) is 10.6. The Morgan fingerprint density at radius 3 is 2.68 bits per heavy atom. The first-order valence-electron chi connectivity index (χ1n) is 5.80. The third-order valence-electron chi connectivity index (χ3n) is 2.78. The van der Waals surface area contributed by atoms with Crippen molar-refractivity contribution in [2.75, 3.05) is 0 Å². The Balaban J connectivity index is 2.60. The molecule has 6 heteroatoms. The minimum absolute atomic E-state index is 0.0159. The van der Waals surface area contributed by atoms with E-state index in [4.69, 9.17) is 11.6 Å². The summed E-state index contributed by atoms with van der Waals surface area (Å²) in [5, 5.41) is 11.2. The van der Waals surface area contributed by atoms with E-state index in [1.54, 1.807) is 12.1 Å². The molecule has 2 rings (SSSR count). The molecule has 0 saturated heterocycles. The van der Waals surface area contributed by atoms with Gasteiger partial charge in [-0.3, -0.25) is 10.1 Å². The van der Waals surface area contributed by atoms with Crippen molar-refractivity contribution in [3.05, 3.63) is 50.8 Å². The number of nitro benzene ring substituents is 1. The van der Waals surface area contributed by atoms with Crippen LogP contribution >= 0.6 is 11.6 Å². The first kappa shape index (κ1) is 13.4. The SMILES string of the molecule is CCc1cc(Cl)nc(-c2cc([N+](=O)[O-])ccc2C)n1. The van der Waals surface area contributed by atoms with E-state index in [2.05, 4.69) is 9.97 Å². The lowest BCUT2D eigenvalue weighted by molar-refractivity contribution is -0.384. The quantitative estimate of drug-likeness (QED) is 0.488. The van der Waals surface area contributed by atoms with Crippen LogP contribution in [-0.4, -0.2) is 14.9 Å². The molecule has 2 aromatic rings. The van der Waals surface area contributed by atoms with Crippen LogP contribution in [0.4, 0.5) is 5.69 Å². The Morgan fingerprint density at radius 2 is 2.05 bits per heavy atom. The summed E-state index contributed by atoms with van der Waals surface area (Å²) in [6, 6.07) is 6.31. The van der Waals surface area contributed by atoms with Crippen molar-refractivity contribution in [2.45, 2.75) is 20.3 Å². The summed E-state index contributed by atoms with van der Waals surface area (Å²) in [6.07, 6.45) is 0.725. The minimum atomic E-state index is -0.436. The van der Waals surface area contributed by atoms with Crippen molar-refractivity contribution in [1.29, 1.82) is 0 Å². The Hall–Kier alpha value is -2.01. The van der Waals surface area contributed by atoms with E-state index in [-0.39, 0.29) is 5.69 Å². The van der Waals surface area contributed by atoms with Gasteiger partial charge >= 0.3 is 0 Å². The molecule has 0 bridgehead atoms. The van der Waals surface area contributed by atoms with E-state index in [0.717, 1.165) is 17.7 Å². The van der Waals surface area contributed by atoms with Crippen LogP contribution in [0.25, 0.3) is 11.4 Å². The van der Waals surface area contributed by atoms with Gasteiger partial charge in [-0.1, -0.05) is 24.6 Å². The molecule has 98 valence electrons. The predicted molar refractivity (Wildman–Crippen MR) is 73.2 cm³/mol. The number of nitro groups is 1. The smallest absolute Gasteiger partial charge is 0.258 e. The van der Waals surface area contributed by atoms with Gasteiger partial charge in [0.15, 0.2) is 5.82 Å². The first-order chi connectivity index (χ1) is 9.01. The molecule has 0 radical (unpaired) electrons. The number of rotatable bonds is 3. The summed E-state index contributed by atoms with van der Waals surface area (Å²) in [4.78, 5) is 18.9. The molecule has 0 aliphatic carbocycles. The van der Waals surface area contributed by atoms with Crippen LogP contribution in [0.3, 0.4) is 0 Å². The zero-order chi connectivity index (χ0) is 14.0. The van der Waals surface area contributed by atoms with E-state index in [9.17, 15) is 10.1 Å². The molecule has 0 amide bonds. The van der Waals surface area contributed by atoms with Crippen LogP contribution in [0.5, 0.6) is 0 Å². The van der Waals surface area contributed by atoms with E-state index in [0.29, 0.717) is 16.5 Å². The highest BCUT2D eigenvalue weighted by molar-refractivity contribution is 6.29. The molecule has 19 heavy (non-hydrogen) atoms. The van der Waals surface area contributed by atoms with Gasteiger partial charge in [-0.25, -0.2) is 9.97 Å². The summed E-state index contributed by atoms with van der Waals surface area (Å²) in [5.41, 5.74) is 2.32. The van der Waals surface area contributed by atoms with Gasteiger partial charge in [-0.2, -0.15) is 0 Å². The number of hydrogen-bond donors (Lipinski definition) is 0. The van der Waals surface area contributed by atoms with Crippen LogP contribution in [0.15, 0.2) is 24.3 Å². The molecule has 0 spiro atoms. The van der Waals surface area contributed by atoms with Gasteiger partial charge in [0.05, 0.1) is 4.92 Å². The fourth-order valence-electron chi connectivity index (χ4n) is 1.73. The normalized spacial score (nSPS) is 10.5. The Bertz CT molecular complexity index is 644. The monoisotopic (exact) mass is 277 g/mol. The van der Waals surface area contributed by atoms with E-state index in [1.807, 2.05) is 13.8 Å². The van der Waals surface area contributed by atoms with Crippen molar-refractivity contribution in [3.63, 3.8) is 0 Å². The highest BCUT2D eigenvalue weighted by Gasteiger charge is 2.13. The summed E-state index contributed by atoms with van der Waals surface area (Å²) in [7, 11) is 0. The van der Waals surface area contributed by atoms with E-state index < -0.39 is 4.92 Å². The number of nitrogens with zero attached hydrogens (tertiary/aromatic N) is 3. The predicted octanol–water partition coefficient (Wildman–Crippen LogP) is 3.58. The van der Waals surface area contributed by atoms with Gasteiger partial charge < -0.3 is 0 Å². The molecule has 5 nitrogen and oxygen atoms in total. The minimum Gasteiger partial charge on any atom is -0.258 e. The second kappa shape index (κ2) is 5.32. The van der Waals surface area contributed by atoms with Crippen molar-refractivity contribution in [1.82, 2.24) is 9.97 Å². The summed E-state index contributed by atoms with van der Waals surface area (Å²) >= 11 is 5.95. The van der Waals surface area contributed by atoms with Crippen LogP contribution in [0, 0.1) is 17.0 Å². The molecule has 1 aromatic carbocycles. The summed E-state index contributed by atoms with van der Waals surface area (Å²) in [6.45, 7) is 3.82. The van der Waals surface area contributed by atoms with Crippen molar-refractivity contribution in [3.8, 4) is 11.4 Å². The van der Waals surface area contributed by atoms with Gasteiger partial charge in [0.1, 0.15) is 5.15 Å². The third kappa shape index (κ3) is 2.88. The van der Waals surface area contributed by atoms with Crippen LogP contribution in [-0.2, 0) is 6.42 Å². The molecule has 1 heterocycles. The standard InChI is InChI=1S/C13H12ClN3O2/c1-3-9-6-12(14)16-13(15-9)11-7-10(17(18)19)5-4-8(11)2/h4-7H,3H2,1-2H3. The lowest BCUT2D eigenvalue weighted by atomic mass is 10.1. The number of hydrogen-bond acceptors (Lipinski definition) is 4. The van der Waals surface area contributed by atoms with Crippen LogP contribution in [0.2, 0.25) is 5.15 Å². The number of aryl methyl sites for hydroxylation is 2. The van der Waals surface area contributed by atoms with Gasteiger partial charge in [0.2, 0.25) is 0 Å². The van der Waals surface area contributed by atoms with E-state index in [1.165, 1.54) is 12.1 Å². The third-order valence-corrected chi connectivity index (χ3v) is 2.98. The Morgan fingerprint density at radius 1 is 1.32 bits per heavy atom. The van der Waals surface area contributed by atoms with Gasteiger partial charge in [0.25, 0.3) is 5.69 Å². The molecule has 0 N–H and O–H groups in total. The first-order valence-corrected chi connectivity index (χ1v) is 6.18. The molecular formula is C13H12ClN3O2. The molecule has 0 aliphatic rings. The molecule has 0 aliphatic heterocycles. The number of aromatic nitrogens is 2. The van der Waals surface area contributed by atoms with Gasteiger partial charge in [0, 0.05) is 23.4 Å². The highest BCUT2D eigenvalue weighted by atomic mass is 35.5. The molecule has 0 fully saturated rings. The fourth-order valence-corrected chi connectivity index (χ4v) is 1.94. The Labute approximate surface area is 115 Å². The average molecular weight is 278 g/mol. The lowest BCUT2D eigenvalue weighted by Gasteiger charge is -2.06. The van der Waals surface area contributed by atoms with Crippen LogP contribution < -0.4 is 0 Å². The maximum absolute atomic E-state index is 10.8. The molecule has 0 unspecified atom stereocenters. The molecule has 1 aromatic heterocycles. The second-order valence-electron chi connectivity index (χ2n) is 4.12. The largest absolute Gasteiger partial charge is 0.270 e. The van der Waals surface area contributed by atoms with Crippen molar-refractivity contribution >= 4 is 17.3 Å². The van der Waals surface area contributed by atoms with Gasteiger partial charge in [-0.05, 0) is 25.0 Å². The number of halogens is 1. The number of non-ortho nitro benzene ring substituents is 1. The summed E-state index contributed by atoms with van der Waals surface area (Å²) < 4.78 is 0. The summed E-state index contributed by atoms with van der Waals surface area (Å²) in [5.74, 6) is 0.422. The molecule has 0 atom stereocenters. The average Bonchev–Trinajstić information content (AvgIpc) is 2.38. The van der Waals surface area contributed by atoms with Crippen molar-refractivity contribution < 1.29 is 4.92 Å². The lowest BCUT2D eigenvalue weighted by Crippen LogP contribution is -1.98. The van der Waals surface area contributed by atoms with E-state index >= 15 is 0 Å². The fraction of sp³-hybridized carbons (Fsp3) is 0.231. The highest BCUT2D eigenvalue weighted by Crippen LogP contribution is 2.26. The zero-order valence-corrected chi connectivity index (χ0v) is 11.3. The van der Waals surface area contributed by atoms with Crippen LogP contribution in [0.1, 0.15) is 18.2 Å². The molecular weight excluding hydrogens is 266 g/mol. The maximum atomic E-state index is 10.8. The topological polar surface area (TPSA) is 68.9 Å². The van der Waals surface area contributed by atoms with Gasteiger partial charge in [-0.15, -0.1) is 0 Å².